The van der Waals surface area contributed by atoms with Crippen molar-refractivity contribution in [2.45, 2.75) is 67.6 Å². The van der Waals surface area contributed by atoms with E-state index in [1.807, 2.05) is 0 Å². The number of hydrogen-bond acceptors (Lipinski definition) is 13. The van der Waals surface area contributed by atoms with Gasteiger partial charge in [0.05, 0.1) is 25.0 Å². The van der Waals surface area contributed by atoms with Gasteiger partial charge in [-0.05, 0) is 12.8 Å². The Bertz CT molecular complexity index is 1250. The van der Waals surface area contributed by atoms with E-state index in [1.165, 1.54) is 17.2 Å². The summed E-state index contributed by atoms with van der Waals surface area (Å²) in [6, 6.07) is 0.0180. The number of nitrogen functional groups attached to an aromatic ring is 1. The number of amides is 2. The molecule has 0 saturated carbocycles. The number of nitrogens with one attached hydrogen (secondary N) is 2. The van der Waals surface area contributed by atoms with Crippen LogP contribution in [0, 0.1) is 0 Å². The van der Waals surface area contributed by atoms with Crippen LogP contribution in [0.2, 0.25) is 0 Å². The Morgan fingerprint density at radius 2 is 2.08 bits per heavy atom. The number of unbranched alkanes of at least 4 members (excludes halogenated alkanes) is 1. The number of phosphoric ester groups is 1. The van der Waals surface area contributed by atoms with Crippen LogP contribution in [-0.4, -0.2) is 94.6 Å². The Balaban J connectivity index is 1.06. The van der Waals surface area contributed by atoms with Crippen molar-refractivity contribution in [3.05, 3.63) is 12.7 Å². The van der Waals surface area contributed by atoms with Crippen LogP contribution in [-0.2, 0) is 23.1 Å². The fraction of sp³-hybridized carbons (Fsp3) is 0.650. The Morgan fingerprint density at radius 3 is 2.89 bits per heavy atom. The van der Waals surface area contributed by atoms with E-state index < -0.39 is 44.9 Å². The van der Waals surface area contributed by atoms with Gasteiger partial charge in [-0.15, -0.1) is 0 Å². The summed E-state index contributed by atoms with van der Waals surface area (Å²) in [7, 11) is -4.80. The van der Waals surface area contributed by atoms with Crippen molar-refractivity contribution in [2.24, 2.45) is 0 Å². The highest BCUT2D eigenvalue weighted by atomic mass is 32.2. The van der Waals surface area contributed by atoms with E-state index in [0.717, 1.165) is 12.2 Å². The lowest BCUT2D eigenvalue weighted by Gasteiger charge is -2.18. The number of nitrogens with two attached hydrogens (primary N) is 1. The number of carbonyl (C=O) groups excluding carboxylic acids is 2. The summed E-state index contributed by atoms with van der Waals surface area (Å²) in [6.45, 7) is -0.638. The molecule has 0 spiro atoms. The molecule has 0 aliphatic carbocycles. The highest BCUT2D eigenvalue weighted by Gasteiger charge is 2.46. The van der Waals surface area contributed by atoms with Gasteiger partial charge < -0.3 is 35.8 Å². The average Bonchev–Trinajstić information content (AvgIpc) is 3.61. The van der Waals surface area contributed by atoms with E-state index >= 15 is 0 Å². The largest absolute Gasteiger partial charge is 0.529 e. The molecule has 5 heterocycles. The van der Waals surface area contributed by atoms with Gasteiger partial charge in [-0.3, -0.25) is 18.8 Å². The van der Waals surface area contributed by atoms with Gasteiger partial charge in [0.15, 0.2) is 17.7 Å². The number of aliphatic hydroxyl groups excluding tert-OH is 2. The number of imidazole rings is 1. The number of carbonyl (C=O) groups is 2. The quantitative estimate of drug-likeness (QED) is 0.119. The Hall–Kier alpha value is -2.53. The van der Waals surface area contributed by atoms with Crippen LogP contribution in [0.15, 0.2) is 12.7 Å². The van der Waals surface area contributed by atoms with Crippen LogP contribution in [0.1, 0.15) is 31.9 Å². The van der Waals surface area contributed by atoms with E-state index in [0.29, 0.717) is 12.8 Å². The lowest BCUT2D eigenvalue weighted by molar-refractivity contribution is -0.136. The van der Waals surface area contributed by atoms with Gasteiger partial charge >= 0.3 is 19.8 Å². The first-order valence-corrected chi connectivity index (χ1v) is 14.5. The molecule has 2 amide bonds. The normalized spacial score (nSPS) is 32.1. The van der Waals surface area contributed by atoms with Crippen molar-refractivity contribution >= 4 is 48.6 Å². The number of fused-ring (bicyclic) bond motifs is 2. The zero-order valence-corrected chi connectivity index (χ0v) is 21.7. The number of aromatic nitrogens is 4. The number of hydrogen-bond donors (Lipinski definition) is 6. The zero-order valence-electron chi connectivity index (χ0n) is 20.0. The number of anilines is 1. The molecule has 16 nitrogen and oxygen atoms in total. The van der Waals surface area contributed by atoms with Crippen molar-refractivity contribution in [2.75, 3.05) is 18.1 Å². The summed E-state index contributed by atoms with van der Waals surface area (Å²) in [4.78, 5) is 45.5. The molecule has 2 aromatic rings. The summed E-state index contributed by atoms with van der Waals surface area (Å²) in [5.41, 5.74) is 6.30. The second-order valence-corrected chi connectivity index (χ2v) is 11.9. The van der Waals surface area contributed by atoms with Gasteiger partial charge in [-0.2, -0.15) is 11.8 Å². The number of thioether (sulfide) groups is 1. The fourth-order valence-corrected chi connectivity index (χ4v) is 7.06. The summed E-state index contributed by atoms with van der Waals surface area (Å²) in [6.07, 6.45) is -0.985. The van der Waals surface area contributed by atoms with Gasteiger partial charge in [-0.25, -0.2) is 24.3 Å². The van der Waals surface area contributed by atoms with Crippen LogP contribution >= 0.6 is 19.6 Å². The first kappa shape index (κ1) is 27.1. The number of ether oxygens (including phenoxy) is 1. The maximum absolute atomic E-state index is 12.3. The molecule has 5 rings (SSSR count). The Labute approximate surface area is 220 Å². The molecule has 208 valence electrons. The van der Waals surface area contributed by atoms with Crippen LogP contribution in [0.25, 0.3) is 11.2 Å². The smallest absolute Gasteiger partial charge is 0.387 e. The fourth-order valence-electron chi connectivity index (χ4n) is 4.78. The van der Waals surface area contributed by atoms with Crippen LogP contribution in [0.5, 0.6) is 0 Å². The maximum Gasteiger partial charge on any atom is 0.529 e. The molecule has 8 atom stereocenters. The standard InChI is InChI=1S/C20H28N7O9PS/c21-17-14-18(23-7-22-17)27(8-24-14)19-16(30)15(29)10(35-19)5-34-37(32,33)36-12(28)4-2-1-3-11-13-9(6-38-11)25-20(31)26-13/h7-11,13,15-16,19,29-30H,1-6H2,(H,32,33)(H2,21,22,23)(H2,25,26,31)/t9-,10+,11-,13-,15+,16+,19+/m0/s1. The molecule has 18 heteroatoms. The predicted molar refractivity (Wildman–Crippen MR) is 131 cm³/mol. The highest BCUT2D eigenvalue weighted by Crippen LogP contribution is 2.45. The maximum atomic E-state index is 12.3. The predicted octanol–water partition coefficient (Wildman–Crippen LogP) is -0.586. The molecule has 38 heavy (non-hydrogen) atoms. The van der Waals surface area contributed by atoms with Gasteiger partial charge in [-0.1, -0.05) is 6.42 Å². The van der Waals surface area contributed by atoms with E-state index in [-0.39, 0.29) is 46.8 Å². The van der Waals surface area contributed by atoms with Crippen molar-refractivity contribution in [3.8, 4) is 0 Å². The minimum absolute atomic E-state index is 0.0655. The molecule has 3 saturated heterocycles. The van der Waals surface area contributed by atoms with E-state index in [9.17, 15) is 29.3 Å². The van der Waals surface area contributed by atoms with Crippen molar-refractivity contribution in [1.29, 1.82) is 0 Å². The highest BCUT2D eigenvalue weighted by molar-refractivity contribution is 8.00. The minimum atomic E-state index is -4.80. The summed E-state index contributed by atoms with van der Waals surface area (Å²) >= 11 is 1.76. The number of nitrogens with zero attached hydrogens (tertiary/aromatic N) is 4. The Kier molecular flexibility index (Phi) is 7.77. The molecular weight excluding hydrogens is 545 g/mol. The molecule has 0 aromatic carbocycles. The summed E-state index contributed by atoms with van der Waals surface area (Å²) < 4.78 is 28.8. The molecule has 1 unspecified atom stereocenters. The van der Waals surface area contributed by atoms with Crippen molar-refractivity contribution < 1.29 is 43.0 Å². The van der Waals surface area contributed by atoms with Gasteiger partial charge in [0, 0.05) is 17.4 Å². The third-order valence-electron chi connectivity index (χ3n) is 6.68. The SMILES string of the molecule is Nc1ncnc2c1ncn2[C@@H]1O[C@H](COP(=O)(O)OC(=O)CCCC[C@@H]2SC[C@@H]3NC(=O)N[C@@H]32)[C@@H](O)[C@H]1O. The third kappa shape index (κ3) is 5.59. The van der Waals surface area contributed by atoms with Gasteiger partial charge in [0.1, 0.15) is 30.2 Å². The van der Waals surface area contributed by atoms with Crippen LogP contribution in [0.4, 0.5) is 10.6 Å². The first-order valence-electron chi connectivity index (χ1n) is 12.0. The molecular formula is C20H28N7O9PS. The third-order valence-corrected chi connectivity index (χ3v) is 9.09. The van der Waals surface area contributed by atoms with Gasteiger partial charge in [0.25, 0.3) is 0 Å². The lowest BCUT2D eigenvalue weighted by Crippen LogP contribution is -2.36. The van der Waals surface area contributed by atoms with E-state index in [4.69, 9.17) is 15.0 Å². The van der Waals surface area contributed by atoms with E-state index in [2.05, 4.69) is 30.1 Å². The summed E-state index contributed by atoms with van der Waals surface area (Å²) in [5, 5.41) is 26.9. The number of rotatable bonds is 10. The second-order valence-electron chi connectivity index (χ2n) is 9.22. The second kappa shape index (κ2) is 10.9. The minimum Gasteiger partial charge on any atom is -0.387 e. The zero-order chi connectivity index (χ0) is 27.0. The topological polar surface area (TPSA) is 233 Å². The lowest BCUT2D eigenvalue weighted by atomic mass is 10.0. The number of urea groups is 1. The molecule has 2 aromatic heterocycles. The number of phosphoric acid groups is 1. The van der Waals surface area contributed by atoms with Crippen LogP contribution < -0.4 is 16.4 Å². The van der Waals surface area contributed by atoms with E-state index in [1.54, 1.807) is 11.8 Å². The van der Waals surface area contributed by atoms with Crippen LogP contribution in [0.3, 0.4) is 0 Å². The monoisotopic (exact) mass is 573 g/mol. The van der Waals surface area contributed by atoms with Crippen molar-refractivity contribution in [3.63, 3.8) is 0 Å². The molecule has 3 aliphatic heterocycles. The van der Waals surface area contributed by atoms with Gasteiger partial charge in [0.2, 0.25) is 0 Å². The molecule has 0 radical (unpaired) electrons. The average molecular weight is 574 g/mol. The van der Waals surface area contributed by atoms with Crippen molar-refractivity contribution in [1.82, 2.24) is 30.2 Å². The first-order chi connectivity index (χ1) is 18.1. The Morgan fingerprint density at radius 1 is 1.26 bits per heavy atom. The summed E-state index contributed by atoms with van der Waals surface area (Å²) in [5.74, 6) is 0.0483. The molecule has 7 N–H and O–H groups in total. The molecule has 0 bridgehead atoms. The molecule has 3 aliphatic rings. The molecule has 3 fully saturated rings. The number of aliphatic hydroxyl groups is 2.